The van der Waals surface area contributed by atoms with Gasteiger partial charge in [-0.2, -0.15) is 0 Å². The number of carbonyl (C=O) groups is 2. The van der Waals surface area contributed by atoms with E-state index in [1.165, 1.54) is 5.56 Å². The Hall–Kier alpha value is -2.62. The molecule has 0 aliphatic heterocycles. The predicted octanol–water partition coefficient (Wildman–Crippen LogP) is 3.56. The Morgan fingerprint density at radius 1 is 0.962 bits per heavy atom. The van der Waals surface area contributed by atoms with Gasteiger partial charge in [0.2, 0.25) is 11.8 Å². The summed E-state index contributed by atoms with van der Waals surface area (Å²) in [5.41, 5.74) is 2.21. The Bertz CT molecular complexity index is 686. The molecule has 0 saturated carbocycles. The van der Waals surface area contributed by atoms with Gasteiger partial charge in [0.15, 0.2) is 0 Å². The van der Waals surface area contributed by atoms with Crippen LogP contribution in [0, 0.1) is 0 Å². The van der Waals surface area contributed by atoms with Crippen LogP contribution in [0.3, 0.4) is 0 Å². The van der Waals surface area contributed by atoms with Crippen LogP contribution in [0.25, 0.3) is 0 Å². The molecule has 0 fully saturated rings. The molecular formula is C22H28N2O2. The van der Waals surface area contributed by atoms with Crippen molar-refractivity contribution in [2.24, 2.45) is 0 Å². The number of carbonyl (C=O) groups excluding carboxylic acids is 2. The lowest BCUT2D eigenvalue weighted by Gasteiger charge is -2.28. The maximum Gasteiger partial charge on any atom is 0.242 e. The van der Waals surface area contributed by atoms with Gasteiger partial charge in [0.05, 0.1) is 0 Å². The fraction of sp³-hybridized carbons (Fsp3) is 0.364. The fourth-order valence-corrected chi connectivity index (χ4v) is 2.84. The van der Waals surface area contributed by atoms with Gasteiger partial charge in [0.25, 0.3) is 0 Å². The second-order valence-corrected chi connectivity index (χ2v) is 6.46. The van der Waals surface area contributed by atoms with Gasteiger partial charge in [0.1, 0.15) is 6.04 Å². The Morgan fingerprint density at radius 3 is 2.12 bits per heavy atom. The molecule has 2 rings (SSSR count). The Morgan fingerprint density at radius 2 is 1.54 bits per heavy atom. The van der Waals surface area contributed by atoms with Crippen molar-refractivity contribution >= 4 is 11.8 Å². The van der Waals surface area contributed by atoms with Crippen molar-refractivity contribution in [2.75, 3.05) is 6.54 Å². The van der Waals surface area contributed by atoms with Crippen LogP contribution in [0.2, 0.25) is 0 Å². The third-order valence-electron chi connectivity index (χ3n) is 4.38. The Labute approximate surface area is 156 Å². The summed E-state index contributed by atoms with van der Waals surface area (Å²) >= 11 is 0. The number of hydrogen-bond acceptors (Lipinski definition) is 2. The van der Waals surface area contributed by atoms with E-state index in [-0.39, 0.29) is 11.8 Å². The maximum atomic E-state index is 12.6. The lowest BCUT2D eigenvalue weighted by Crippen LogP contribution is -2.47. The Balaban J connectivity index is 1.96. The van der Waals surface area contributed by atoms with Crippen LogP contribution in [-0.4, -0.2) is 29.3 Å². The zero-order valence-corrected chi connectivity index (χ0v) is 15.7. The number of nitrogens with one attached hydrogen (secondary N) is 1. The minimum absolute atomic E-state index is 0.0158. The summed E-state index contributed by atoms with van der Waals surface area (Å²) in [5, 5.41) is 2.96. The van der Waals surface area contributed by atoms with Crippen molar-refractivity contribution in [3.63, 3.8) is 0 Å². The molecule has 138 valence electrons. The largest absolute Gasteiger partial charge is 0.354 e. The molecule has 0 aliphatic carbocycles. The normalized spacial score (nSPS) is 11.6. The van der Waals surface area contributed by atoms with Crippen LogP contribution >= 0.6 is 0 Å². The summed E-state index contributed by atoms with van der Waals surface area (Å²) in [6.45, 7) is 4.79. The van der Waals surface area contributed by atoms with Gasteiger partial charge in [-0.05, 0) is 30.9 Å². The number of hydrogen-bond donors (Lipinski definition) is 1. The molecular weight excluding hydrogens is 324 g/mol. The summed E-state index contributed by atoms with van der Waals surface area (Å²) in [5.74, 6) is -0.0941. The molecule has 0 bridgehead atoms. The first kappa shape index (κ1) is 19.7. The predicted molar refractivity (Wildman–Crippen MR) is 105 cm³/mol. The number of amides is 2. The average molecular weight is 352 g/mol. The molecule has 2 aromatic carbocycles. The topological polar surface area (TPSA) is 49.4 Å². The fourth-order valence-electron chi connectivity index (χ4n) is 2.84. The van der Waals surface area contributed by atoms with Crippen LogP contribution in [0.4, 0.5) is 0 Å². The van der Waals surface area contributed by atoms with E-state index in [9.17, 15) is 9.59 Å². The zero-order chi connectivity index (χ0) is 18.8. The molecule has 1 N–H and O–H groups in total. The van der Waals surface area contributed by atoms with Gasteiger partial charge in [0, 0.05) is 19.5 Å². The zero-order valence-electron chi connectivity index (χ0n) is 15.7. The van der Waals surface area contributed by atoms with Crippen LogP contribution in [0.5, 0.6) is 0 Å². The van der Waals surface area contributed by atoms with Crippen LogP contribution in [-0.2, 0) is 22.6 Å². The average Bonchev–Trinajstić information content (AvgIpc) is 2.67. The molecule has 0 unspecified atom stereocenters. The summed E-state index contributed by atoms with van der Waals surface area (Å²) < 4.78 is 0. The van der Waals surface area contributed by atoms with Crippen molar-refractivity contribution in [2.45, 2.75) is 45.7 Å². The number of benzene rings is 2. The van der Waals surface area contributed by atoms with E-state index in [2.05, 4.69) is 5.32 Å². The first-order valence-electron chi connectivity index (χ1n) is 9.26. The molecule has 0 saturated heterocycles. The highest BCUT2D eigenvalue weighted by molar-refractivity contribution is 5.87. The van der Waals surface area contributed by atoms with E-state index in [1.54, 1.807) is 11.8 Å². The molecule has 0 aromatic heterocycles. The summed E-state index contributed by atoms with van der Waals surface area (Å²) in [6, 6.07) is 19.3. The van der Waals surface area contributed by atoms with Crippen molar-refractivity contribution in [3.05, 3.63) is 71.8 Å². The highest BCUT2D eigenvalue weighted by Gasteiger charge is 2.25. The van der Waals surface area contributed by atoms with E-state index in [0.717, 1.165) is 18.4 Å². The quantitative estimate of drug-likeness (QED) is 0.750. The minimum atomic E-state index is -0.495. The second-order valence-electron chi connectivity index (χ2n) is 6.46. The van der Waals surface area contributed by atoms with E-state index in [4.69, 9.17) is 0 Å². The summed E-state index contributed by atoms with van der Waals surface area (Å²) in [4.78, 5) is 26.8. The van der Waals surface area contributed by atoms with Gasteiger partial charge < -0.3 is 10.2 Å². The van der Waals surface area contributed by atoms with E-state index < -0.39 is 6.04 Å². The van der Waals surface area contributed by atoms with E-state index >= 15 is 0 Å². The molecule has 2 aromatic rings. The van der Waals surface area contributed by atoms with E-state index in [0.29, 0.717) is 19.5 Å². The molecule has 0 radical (unpaired) electrons. The molecule has 2 amide bonds. The van der Waals surface area contributed by atoms with E-state index in [1.807, 2.05) is 67.6 Å². The van der Waals surface area contributed by atoms with Crippen LogP contribution in [0.15, 0.2) is 60.7 Å². The van der Waals surface area contributed by atoms with Crippen molar-refractivity contribution in [1.82, 2.24) is 10.2 Å². The third-order valence-corrected chi connectivity index (χ3v) is 4.38. The standard InChI is InChI=1S/C22H28N2O2/c1-3-10-21(25)24(17-20-13-8-5-9-14-20)18(2)22(26)23-16-15-19-11-6-4-7-12-19/h4-9,11-14,18H,3,10,15-17H2,1-2H3,(H,23,26)/t18-/m1/s1. The van der Waals surface area contributed by atoms with Crippen LogP contribution in [0.1, 0.15) is 37.8 Å². The number of rotatable bonds is 9. The lowest BCUT2D eigenvalue weighted by molar-refractivity contribution is -0.140. The summed E-state index contributed by atoms with van der Waals surface area (Å²) in [6.07, 6.45) is 2.00. The van der Waals surface area contributed by atoms with Gasteiger partial charge in [-0.3, -0.25) is 9.59 Å². The van der Waals surface area contributed by atoms with Gasteiger partial charge >= 0.3 is 0 Å². The SMILES string of the molecule is CCCC(=O)N(Cc1ccccc1)[C@H](C)C(=O)NCCc1ccccc1. The molecule has 4 nitrogen and oxygen atoms in total. The molecule has 0 spiro atoms. The summed E-state index contributed by atoms with van der Waals surface area (Å²) in [7, 11) is 0. The van der Waals surface area contributed by atoms with Crippen LogP contribution < -0.4 is 5.32 Å². The first-order valence-corrected chi connectivity index (χ1v) is 9.26. The van der Waals surface area contributed by atoms with Crippen molar-refractivity contribution < 1.29 is 9.59 Å². The Kier molecular flexibility index (Phi) is 7.87. The molecule has 4 heteroatoms. The van der Waals surface area contributed by atoms with Gasteiger partial charge in [-0.1, -0.05) is 67.6 Å². The maximum absolute atomic E-state index is 12.6. The minimum Gasteiger partial charge on any atom is -0.354 e. The highest BCUT2D eigenvalue weighted by atomic mass is 16.2. The smallest absolute Gasteiger partial charge is 0.242 e. The lowest BCUT2D eigenvalue weighted by atomic mass is 10.1. The van der Waals surface area contributed by atoms with Gasteiger partial charge in [-0.15, -0.1) is 0 Å². The molecule has 26 heavy (non-hydrogen) atoms. The molecule has 1 atom stereocenters. The monoisotopic (exact) mass is 352 g/mol. The second kappa shape index (κ2) is 10.4. The highest BCUT2D eigenvalue weighted by Crippen LogP contribution is 2.11. The van der Waals surface area contributed by atoms with Crippen molar-refractivity contribution in [1.29, 1.82) is 0 Å². The third kappa shape index (κ3) is 6.03. The first-order chi connectivity index (χ1) is 12.6. The van der Waals surface area contributed by atoms with Crippen molar-refractivity contribution in [3.8, 4) is 0 Å². The number of nitrogens with zero attached hydrogens (tertiary/aromatic N) is 1. The van der Waals surface area contributed by atoms with Gasteiger partial charge in [-0.25, -0.2) is 0 Å². The molecule has 0 aliphatic rings. The molecule has 0 heterocycles.